The molecule has 3 nitrogen and oxygen atoms in total. The molecule has 0 saturated heterocycles. The summed E-state index contributed by atoms with van der Waals surface area (Å²) in [4.78, 5) is 12.1. The molecule has 0 aliphatic carbocycles. The second kappa shape index (κ2) is 7.13. The van der Waals surface area contributed by atoms with Gasteiger partial charge in [-0.25, -0.2) is 8.78 Å². The van der Waals surface area contributed by atoms with Crippen LogP contribution in [0.2, 0.25) is 0 Å². The van der Waals surface area contributed by atoms with Crippen molar-refractivity contribution < 1.29 is 18.9 Å². The van der Waals surface area contributed by atoms with Gasteiger partial charge in [0.25, 0.3) is 5.91 Å². The van der Waals surface area contributed by atoms with E-state index in [9.17, 15) is 13.6 Å². The predicted molar refractivity (Wildman–Crippen MR) is 81.2 cm³/mol. The Kier molecular flexibility index (Phi) is 5.22. The third-order valence-corrected chi connectivity index (χ3v) is 3.49. The molecular formula is C17H19F2N2O+. The number of benzene rings is 2. The van der Waals surface area contributed by atoms with Crippen LogP contribution in [0.15, 0.2) is 48.5 Å². The van der Waals surface area contributed by atoms with Gasteiger partial charge in [0, 0.05) is 17.3 Å². The molecule has 0 aliphatic rings. The number of para-hydroxylation sites is 1. The number of rotatable bonds is 5. The molecule has 2 aromatic carbocycles. The van der Waals surface area contributed by atoms with E-state index in [1.165, 1.54) is 12.1 Å². The molecule has 3 N–H and O–H groups in total. The summed E-state index contributed by atoms with van der Waals surface area (Å²) in [6, 6.07) is 11.9. The zero-order valence-electron chi connectivity index (χ0n) is 12.5. The smallest absolute Gasteiger partial charge is 0.282 e. The number of carbonyl (C=O) groups excluding carboxylic acids is 1. The molecule has 5 heteroatoms. The van der Waals surface area contributed by atoms with E-state index in [2.05, 4.69) is 5.32 Å². The molecular weight excluding hydrogens is 286 g/mol. The number of nitrogens with one attached hydrogen (secondary N) is 1. The van der Waals surface area contributed by atoms with E-state index in [0.717, 1.165) is 6.07 Å². The van der Waals surface area contributed by atoms with Gasteiger partial charge in [0.15, 0.2) is 6.04 Å². The lowest BCUT2D eigenvalue weighted by Gasteiger charge is -2.17. The molecule has 0 heterocycles. The summed E-state index contributed by atoms with van der Waals surface area (Å²) in [6.45, 7) is 3.53. The highest BCUT2D eigenvalue weighted by Gasteiger charge is 2.22. The summed E-state index contributed by atoms with van der Waals surface area (Å²) in [5.41, 5.74) is 1.09. The molecule has 0 spiro atoms. The van der Waals surface area contributed by atoms with E-state index in [0.29, 0.717) is 11.3 Å². The number of hydrogen-bond acceptors (Lipinski definition) is 1. The zero-order valence-corrected chi connectivity index (χ0v) is 12.5. The van der Waals surface area contributed by atoms with Crippen molar-refractivity contribution in [1.29, 1.82) is 0 Å². The van der Waals surface area contributed by atoms with Crippen molar-refractivity contribution in [2.45, 2.75) is 25.9 Å². The maximum absolute atomic E-state index is 13.7. The molecule has 22 heavy (non-hydrogen) atoms. The molecule has 116 valence electrons. The Balaban J connectivity index is 1.98. The van der Waals surface area contributed by atoms with Gasteiger partial charge in [-0.2, -0.15) is 0 Å². The highest BCUT2D eigenvalue weighted by atomic mass is 19.1. The Labute approximate surface area is 128 Å². The minimum absolute atomic E-state index is 0.166. The van der Waals surface area contributed by atoms with Crippen LogP contribution in [0, 0.1) is 11.6 Å². The van der Waals surface area contributed by atoms with E-state index < -0.39 is 17.7 Å². The lowest BCUT2D eigenvalue weighted by atomic mass is 10.1. The van der Waals surface area contributed by atoms with Crippen LogP contribution in [0.3, 0.4) is 0 Å². The second-order valence-corrected chi connectivity index (χ2v) is 5.29. The molecule has 0 aromatic heterocycles. The van der Waals surface area contributed by atoms with Gasteiger partial charge in [-0.3, -0.25) is 4.79 Å². The van der Waals surface area contributed by atoms with Crippen LogP contribution in [0.1, 0.15) is 25.5 Å². The molecule has 0 fully saturated rings. The Morgan fingerprint density at radius 1 is 1.09 bits per heavy atom. The van der Waals surface area contributed by atoms with Crippen LogP contribution in [-0.2, 0) is 4.79 Å². The van der Waals surface area contributed by atoms with Gasteiger partial charge in [-0.05, 0) is 38.1 Å². The van der Waals surface area contributed by atoms with E-state index in [1.807, 2.05) is 18.2 Å². The summed E-state index contributed by atoms with van der Waals surface area (Å²) in [7, 11) is 0. The van der Waals surface area contributed by atoms with Crippen LogP contribution in [0.25, 0.3) is 0 Å². The van der Waals surface area contributed by atoms with Gasteiger partial charge in [0.05, 0.1) is 0 Å². The number of carbonyl (C=O) groups is 1. The number of anilines is 1. The maximum atomic E-state index is 13.7. The lowest BCUT2D eigenvalue weighted by Crippen LogP contribution is -2.91. The normalized spacial score (nSPS) is 13.5. The minimum atomic E-state index is -0.608. The summed E-state index contributed by atoms with van der Waals surface area (Å²) in [5.74, 6) is -1.37. The molecule has 2 atom stereocenters. The SMILES string of the molecule is C[C@H]([NH2+][C@H](C)c1ccc(F)cc1F)C(=O)Nc1ccccc1. The van der Waals surface area contributed by atoms with Crippen LogP contribution in [-0.4, -0.2) is 11.9 Å². The fourth-order valence-electron chi connectivity index (χ4n) is 2.27. The quantitative estimate of drug-likeness (QED) is 0.876. The Morgan fingerprint density at radius 2 is 1.77 bits per heavy atom. The zero-order chi connectivity index (χ0) is 16.1. The molecule has 2 rings (SSSR count). The average molecular weight is 305 g/mol. The van der Waals surface area contributed by atoms with Gasteiger partial charge < -0.3 is 10.6 Å². The standard InChI is InChI=1S/C17H18F2N2O/c1-11(15-9-8-13(18)10-16(15)19)20-12(2)17(22)21-14-6-4-3-5-7-14/h3-12,20H,1-2H3,(H,21,22)/p+1/t11-,12+/m1/s1. The number of hydrogen-bond donors (Lipinski definition) is 2. The van der Waals surface area contributed by atoms with E-state index in [4.69, 9.17) is 0 Å². The van der Waals surface area contributed by atoms with Crippen molar-refractivity contribution in [2.75, 3.05) is 5.32 Å². The number of quaternary nitrogens is 1. The summed E-state index contributed by atoms with van der Waals surface area (Å²) >= 11 is 0. The van der Waals surface area contributed by atoms with E-state index in [-0.39, 0.29) is 11.9 Å². The number of nitrogens with two attached hydrogens (primary N) is 1. The molecule has 2 aromatic rings. The maximum Gasteiger partial charge on any atom is 0.282 e. The second-order valence-electron chi connectivity index (χ2n) is 5.29. The van der Waals surface area contributed by atoms with Gasteiger partial charge in [-0.1, -0.05) is 18.2 Å². The minimum Gasteiger partial charge on any atom is -0.330 e. The van der Waals surface area contributed by atoms with Gasteiger partial charge in [0.2, 0.25) is 0 Å². The Hall–Kier alpha value is -2.27. The fourth-order valence-corrected chi connectivity index (χ4v) is 2.27. The Morgan fingerprint density at radius 3 is 2.41 bits per heavy atom. The van der Waals surface area contributed by atoms with Gasteiger partial charge in [-0.15, -0.1) is 0 Å². The predicted octanol–water partition coefficient (Wildman–Crippen LogP) is 2.62. The lowest BCUT2D eigenvalue weighted by molar-refractivity contribution is -0.710. The van der Waals surface area contributed by atoms with Crippen molar-refractivity contribution in [3.05, 3.63) is 65.7 Å². The third-order valence-electron chi connectivity index (χ3n) is 3.49. The third kappa shape index (κ3) is 4.11. The molecule has 0 radical (unpaired) electrons. The molecule has 0 bridgehead atoms. The number of halogens is 2. The molecule has 0 aliphatic heterocycles. The Bertz CT molecular complexity index is 646. The topological polar surface area (TPSA) is 45.7 Å². The van der Waals surface area contributed by atoms with Crippen LogP contribution >= 0.6 is 0 Å². The van der Waals surface area contributed by atoms with Crippen LogP contribution in [0.5, 0.6) is 0 Å². The van der Waals surface area contributed by atoms with Crippen molar-refractivity contribution >= 4 is 11.6 Å². The fraction of sp³-hybridized carbons (Fsp3) is 0.235. The highest BCUT2D eigenvalue weighted by Crippen LogP contribution is 2.15. The van der Waals surface area contributed by atoms with Crippen molar-refractivity contribution in [3.63, 3.8) is 0 Å². The largest absolute Gasteiger partial charge is 0.330 e. The van der Waals surface area contributed by atoms with Crippen LogP contribution in [0.4, 0.5) is 14.5 Å². The first-order valence-electron chi connectivity index (χ1n) is 7.13. The number of amides is 1. The summed E-state index contributed by atoms with van der Waals surface area (Å²) in [5, 5.41) is 4.54. The van der Waals surface area contributed by atoms with Gasteiger partial charge in [0.1, 0.15) is 17.7 Å². The molecule has 0 unspecified atom stereocenters. The molecule has 0 saturated carbocycles. The summed E-state index contributed by atoms with van der Waals surface area (Å²) in [6.07, 6.45) is 0. The van der Waals surface area contributed by atoms with Crippen molar-refractivity contribution in [1.82, 2.24) is 0 Å². The van der Waals surface area contributed by atoms with E-state index in [1.54, 1.807) is 31.3 Å². The summed E-state index contributed by atoms with van der Waals surface area (Å²) < 4.78 is 26.7. The average Bonchev–Trinajstić information content (AvgIpc) is 2.47. The monoisotopic (exact) mass is 305 g/mol. The van der Waals surface area contributed by atoms with E-state index >= 15 is 0 Å². The van der Waals surface area contributed by atoms with Crippen molar-refractivity contribution in [3.8, 4) is 0 Å². The first-order chi connectivity index (χ1) is 10.5. The first-order valence-corrected chi connectivity index (χ1v) is 7.13. The van der Waals surface area contributed by atoms with Gasteiger partial charge >= 0.3 is 0 Å². The molecule has 1 amide bonds. The van der Waals surface area contributed by atoms with Crippen molar-refractivity contribution in [2.24, 2.45) is 0 Å². The highest BCUT2D eigenvalue weighted by molar-refractivity contribution is 5.93. The first kappa shape index (κ1) is 16.1. The van der Waals surface area contributed by atoms with Crippen LogP contribution < -0.4 is 10.6 Å².